The van der Waals surface area contributed by atoms with E-state index in [0.717, 1.165) is 16.8 Å². The molecule has 0 heterocycles. The number of ketones is 1. The lowest BCUT2D eigenvalue weighted by Gasteiger charge is -2.08. The van der Waals surface area contributed by atoms with Crippen molar-refractivity contribution in [1.29, 1.82) is 0 Å². The number of para-hydroxylation sites is 1. The molecular formula is C21H18N2O. The second kappa shape index (κ2) is 7.88. The highest BCUT2D eigenvalue weighted by atomic mass is 16.1. The fourth-order valence-corrected chi connectivity index (χ4v) is 2.38. The first-order chi connectivity index (χ1) is 11.8. The average molecular weight is 314 g/mol. The van der Waals surface area contributed by atoms with Gasteiger partial charge in [-0.15, -0.1) is 0 Å². The van der Waals surface area contributed by atoms with Crippen molar-refractivity contribution in [2.24, 2.45) is 5.10 Å². The first kappa shape index (κ1) is 15.7. The van der Waals surface area contributed by atoms with E-state index in [1.54, 1.807) is 0 Å². The molecule has 3 aromatic rings. The van der Waals surface area contributed by atoms with E-state index in [4.69, 9.17) is 0 Å². The van der Waals surface area contributed by atoms with Gasteiger partial charge in [0, 0.05) is 12.0 Å². The monoisotopic (exact) mass is 314 g/mol. The zero-order valence-electron chi connectivity index (χ0n) is 13.2. The number of nitrogens with zero attached hydrogens (tertiary/aromatic N) is 1. The van der Waals surface area contributed by atoms with Gasteiger partial charge in [-0.1, -0.05) is 78.9 Å². The molecule has 0 amide bonds. The fourth-order valence-electron chi connectivity index (χ4n) is 2.38. The van der Waals surface area contributed by atoms with Gasteiger partial charge in [-0.3, -0.25) is 10.2 Å². The van der Waals surface area contributed by atoms with Crippen LogP contribution in [0.15, 0.2) is 96.1 Å². The number of carbonyl (C=O) groups is 1. The largest absolute Gasteiger partial charge is 0.292 e. The third-order valence-electron chi connectivity index (χ3n) is 3.59. The minimum atomic E-state index is -0.0177. The number of nitrogens with one attached hydrogen (secondary N) is 1. The zero-order chi connectivity index (χ0) is 16.6. The van der Waals surface area contributed by atoms with Crippen LogP contribution in [0.2, 0.25) is 0 Å². The van der Waals surface area contributed by atoms with Crippen LogP contribution in [0.3, 0.4) is 0 Å². The number of benzene rings is 3. The normalized spacial score (nSPS) is 11.1. The first-order valence-corrected chi connectivity index (χ1v) is 7.84. The predicted molar refractivity (Wildman–Crippen MR) is 98.2 cm³/mol. The summed E-state index contributed by atoms with van der Waals surface area (Å²) in [6, 6.07) is 28.8. The Hall–Kier alpha value is -3.20. The molecule has 0 atom stereocenters. The van der Waals surface area contributed by atoms with Crippen molar-refractivity contribution < 1.29 is 4.79 Å². The summed E-state index contributed by atoms with van der Waals surface area (Å²) in [6.07, 6.45) is 0.324. The summed E-state index contributed by atoms with van der Waals surface area (Å²) < 4.78 is 0. The zero-order valence-corrected chi connectivity index (χ0v) is 13.2. The summed E-state index contributed by atoms with van der Waals surface area (Å²) in [5.74, 6) is -0.0177. The molecule has 0 aromatic heterocycles. The van der Waals surface area contributed by atoms with E-state index in [-0.39, 0.29) is 5.78 Å². The van der Waals surface area contributed by atoms with Crippen LogP contribution < -0.4 is 5.43 Å². The predicted octanol–water partition coefficient (Wildman–Crippen LogP) is 4.31. The van der Waals surface area contributed by atoms with Gasteiger partial charge in [0.15, 0.2) is 5.78 Å². The van der Waals surface area contributed by atoms with Crippen LogP contribution in [-0.2, 0) is 11.2 Å². The third-order valence-corrected chi connectivity index (χ3v) is 3.59. The average Bonchev–Trinajstić information content (AvgIpc) is 2.64. The van der Waals surface area contributed by atoms with Crippen LogP contribution in [-0.4, -0.2) is 11.5 Å². The summed E-state index contributed by atoms with van der Waals surface area (Å²) >= 11 is 0. The molecule has 0 aliphatic heterocycles. The number of carbonyl (C=O) groups excluding carboxylic acids is 1. The molecule has 0 unspecified atom stereocenters. The van der Waals surface area contributed by atoms with Crippen LogP contribution in [0.25, 0.3) is 0 Å². The highest BCUT2D eigenvalue weighted by Crippen LogP contribution is 2.10. The van der Waals surface area contributed by atoms with Crippen molar-refractivity contribution in [3.63, 3.8) is 0 Å². The fraction of sp³-hybridized carbons (Fsp3) is 0.0476. The van der Waals surface area contributed by atoms with Gasteiger partial charge in [0.05, 0.1) is 5.69 Å². The molecule has 118 valence electrons. The Balaban J connectivity index is 1.86. The number of Topliss-reactive ketones (excluding diaryl/α,β-unsaturated/α-hetero) is 1. The standard InChI is InChI=1S/C21H18N2O/c24-20(16-17-10-4-1-5-11-17)21(18-12-6-2-7-13-18)23-22-19-14-8-3-9-15-19/h1-15,22H,16H2/b23-21+. The van der Waals surface area contributed by atoms with Crippen molar-refractivity contribution in [3.05, 3.63) is 102 Å². The van der Waals surface area contributed by atoms with Gasteiger partial charge in [-0.05, 0) is 17.7 Å². The second-order valence-corrected chi connectivity index (χ2v) is 5.39. The minimum Gasteiger partial charge on any atom is -0.292 e. The number of hydrazone groups is 1. The molecule has 3 heteroatoms. The Labute approximate surface area is 141 Å². The molecule has 0 spiro atoms. The highest BCUT2D eigenvalue weighted by molar-refractivity contribution is 6.46. The van der Waals surface area contributed by atoms with Gasteiger partial charge in [-0.25, -0.2) is 0 Å². The SMILES string of the molecule is O=C(Cc1ccccc1)/C(=N/Nc1ccccc1)c1ccccc1. The summed E-state index contributed by atoms with van der Waals surface area (Å²) in [4.78, 5) is 12.8. The van der Waals surface area contributed by atoms with E-state index in [2.05, 4.69) is 10.5 Å². The molecule has 24 heavy (non-hydrogen) atoms. The van der Waals surface area contributed by atoms with Crippen LogP contribution >= 0.6 is 0 Å². The minimum absolute atomic E-state index is 0.0177. The van der Waals surface area contributed by atoms with Crippen LogP contribution in [0.4, 0.5) is 5.69 Å². The van der Waals surface area contributed by atoms with Gasteiger partial charge in [-0.2, -0.15) is 5.10 Å². The molecule has 0 bridgehead atoms. The van der Waals surface area contributed by atoms with E-state index < -0.39 is 0 Å². The Bertz CT molecular complexity index is 812. The number of rotatable bonds is 6. The molecule has 0 saturated heterocycles. The lowest BCUT2D eigenvalue weighted by molar-refractivity contribution is -0.112. The first-order valence-electron chi connectivity index (χ1n) is 7.84. The van der Waals surface area contributed by atoms with E-state index in [1.807, 2.05) is 91.0 Å². The number of anilines is 1. The summed E-state index contributed by atoms with van der Waals surface area (Å²) in [7, 11) is 0. The molecule has 0 aliphatic carbocycles. The maximum Gasteiger partial charge on any atom is 0.187 e. The Kier molecular flexibility index (Phi) is 5.15. The van der Waals surface area contributed by atoms with Crippen LogP contribution in [0.5, 0.6) is 0 Å². The molecule has 0 saturated carbocycles. The molecule has 0 fully saturated rings. The van der Waals surface area contributed by atoms with Crippen molar-refractivity contribution in [1.82, 2.24) is 0 Å². The molecule has 3 aromatic carbocycles. The molecule has 3 nitrogen and oxygen atoms in total. The lowest BCUT2D eigenvalue weighted by atomic mass is 10.0. The van der Waals surface area contributed by atoms with Crippen molar-refractivity contribution in [2.75, 3.05) is 5.43 Å². The number of hydrogen-bond donors (Lipinski definition) is 1. The third kappa shape index (κ3) is 4.17. The summed E-state index contributed by atoms with van der Waals surface area (Å²) in [5, 5.41) is 4.38. The second-order valence-electron chi connectivity index (χ2n) is 5.39. The smallest absolute Gasteiger partial charge is 0.187 e. The Morgan fingerprint density at radius 2 is 1.29 bits per heavy atom. The Morgan fingerprint density at radius 3 is 1.92 bits per heavy atom. The van der Waals surface area contributed by atoms with E-state index in [9.17, 15) is 4.79 Å². The van der Waals surface area contributed by atoms with Gasteiger partial charge in [0.25, 0.3) is 0 Å². The van der Waals surface area contributed by atoms with Gasteiger partial charge in [0.1, 0.15) is 5.71 Å². The molecule has 0 radical (unpaired) electrons. The van der Waals surface area contributed by atoms with Gasteiger partial charge in [0.2, 0.25) is 0 Å². The lowest BCUT2D eigenvalue weighted by Crippen LogP contribution is -2.19. The van der Waals surface area contributed by atoms with E-state index >= 15 is 0 Å². The van der Waals surface area contributed by atoms with Crippen molar-refractivity contribution >= 4 is 17.2 Å². The summed E-state index contributed by atoms with van der Waals surface area (Å²) in [5.41, 5.74) is 6.04. The van der Waals surface area contributed by atoms with Crippen molar-refractivity contribution in [2.45, 2.75) is 6.42 Å². The van der Waals surface area contributed by atoms with Crippen LogP contribution in [0, 0.1) is 0 Å². The van der Waals surface area contributed by atoms with Gasteiger partial charge < -0.3 is 0 Å². The molecule has 1 N–H and O–H groups in total. The maximum absolute atomic E-state index is 12.8. The van der Waals surface area contributed by atoms with Crippen LogP contribution in [0.1, 0.15) is 11.1 Å². The van der Waals surface area contributed by atoms with Crippen molar-refractivity contribution in [3.8, 4) is 0 Å². The number of hydrogen-bond acceptors (Lipinski definition) is 3. The van der Waals surface area contributed by atoms with E-state index in [1.165, 1.54) is 0 Å². The topological polar surface area (TPSA) is 41.5 Å². The van der Waals surface area contributed by atoms with E-state index in [0.29, 0.717) is 12.1 Å². The van der Waals surface area contributed by atoms with Gasteiger partial charge >= 0.3 is 0 Å². The molecule has 3 rings (SSSR count). The highest BCUT2D eigenvalue weighted by Gasteiger charge is 2.14. The molecule has 0 aliphatic rings. The maximum atomic E-state index is 12.8. The quantitative estimate of drug-likeness (QED) is 0.544. The Morgan fingerprint density at radius 1 is 0.750 bits per heavy atom. The summed E-state index contributed by atoms with van der Waals surface area (Å²) in [6.45, 7) is 0. The molecular weight excluding hydrogens is 296 g/mol.